The third-order valence-electron chi connectivity index (χ3n) is 2.90. The number of nitrogens with zero attached hydrogens (tertiary/aromatic N) is 1. The normalized spacial score (nSPS) is 13.2. The molecule has 0 aliphatic heterocycles. The first-order valence-corrected chi connectivity index (χ1v) is 8.81. The van der Waals surface area contributed by atoms with Crippen LogP contribution in [0.25, 0.3) is 0 Å². The van der Waals surface area contributed by atoms with Gasteiger partial charge in [0.25, 0.3) is 0 Å². The van der Waals surface area contributed by atoms with Gasteiger partial charge in [0.15, 0.2) is 0 Å². The van der Waals surface area contributed by atoms with Crippen LogP contribution >= 0.6 is 11.3 Å². The number of sulfonamides is 1. The van der Waals surface area contributed by atoms with Crippen LogP contribution in [0.15, 0.2) is 11.0 Å². The molecule has 0 atom stereocenters. The lowest BCUT2D eigenvalue weighted by Crippen LogP contribution is -2.39. The quantitative estimate of drug-likeness (QED) is 0.796. The van der Waals surface area contributed by atoms with Gasteiger partial charge in [0.2, 0.25) is 10.0 Å². The molecule has 0 amide bonds. The van der Waals surface area contributed by atoms with Crippen molar-refractivity contribution in [1.82, 2.24) is 9.62 Å². The van der Waals surface area contributed by atoms with Crippen molar-refractivity contribution in [3.05, 3.63) is 15.8 Å². The average molecular weight is 319 g/mol. The fourth-order valence-corrected chi connectivity index (χ4v) is 4.93. The Morgan fingerprint density at radius 3 is 2.45 bits per heavy atom. The molecule has 0 radical (unpaired) electrons. The Bertz CT molecular complexity index is 548. The molecular formula is C13H25N3O2S2. The second-order valence-corrected chi connectivity index (χ2v) is 9.14. The van der Waals surface area contributed by atoms with Crippen molar-refractivity contribution in [1.29, 1.82) is 0 Å². The van der Waals surface area contributed by atoms with Gasteiger partial charge in [-0.1, -0.05) is 13.8 Å². The number of hydrogen-bond donors (Lipinski definition) is 2. The molecule has 116 valence electrons. The zero-order chi connectivity index (χ0) is 15.6. The molecule has 0 aliphatic carbocycles. The van der Waals surface area contributed by atoms with E-state index in [-0.39, 0.29) is 5.41 Å². The Balaban J connectivity index is 2.82. The molecule has 1 aromatic heterocycles. The second-order valence-electron chi connectivity index (χ2n) is 6.06. The summed E-state index contributed by atoms with van der Waals surface area (Å²) in [4.78, 5) is 4.07. The van der Waals surface area contributed by atoms with Gasteiger partial charge in [-0.3, -0.25) is 0 Å². The number of aryl methyl sites for hydroxylation is 1. The van der Waals surface area contributed by atoms with Gasteiger partial charge < -0.3 is 10.6 Å². The maximum absolute atomic E-state index is 12.4. The molecule has 0 saturated carbocycles. The van der Waals surface area contributed by atoms with E-state index in [1.54, 1.807) is 6.07 Å². The first-order valence-electron chi connectivity index (χ1n) is 6.51. The monoisotopic (exact) mass is 319 g/mol. The van der Waals surface area contributed by atoms with Crippen LogP contribution in [0.1, 0.15) is 23.6 Å². The molecular weight excluding hydrogens is 294 g/mol. The Kier molecular flexibility index (Phi) is 5.74. The zero-order valence-corrected chi connectivity index (χ0v) is 14.5. The molecule has 20 heavy (non-hydrogen) atoms. The Labute approximate surface area is 126 Å². The van der Waals surface area contributed by atoms with E-state index in [4.69, 9.17) is 5.73 Å². The third kappa shape index (κ3) is 4.82. The van der Waals surface area contributed by atoms with Crippen LogP contribution in [0, 0.1) is 12.3 Å². The number of hydrogen-bond acceptors (Lipinski definition) is 5. The molecule has 0 saturated heterocycles. The molecule has 0 spiro atoms. The molecule has 0 aliphatic rings. The lowest BCUT2D eigenvalue weighted by atomic mass is 9.93. The minimum atomic E-state index is -3.46. The van der Waals surface area contributed by atoms with Crippen LogP contribution in [0.4, 0.5) is 0 Å². The summed E-state index contributed by atoms with van der Waals surface area (Å²) in [6.45, 7) is 7.48. The Morgan fingerprint density at radius 2 is 2.00 bits per heavy atom. The van der Waals surface area contributed by atoms with E-state index < -0.39 is 10.0 Å². The molecule has 1 aromatic rings. The second kappa shape index (κ2) is 6.53. The van der Waals surface area contributed by atoms with Crippen LogP contribution in [-0.4, -0.2) is 40.5 Å². The average Bonchev–Trinajstić information content (AvgIpc) is 2.67. The van der Waals surface area contributed by atoms with Crippen molar-refractivity contribution < 1.29 is 8.42 Å². The standard InChI is InChI=1S/C13H25N3O2S2/c1-10-12(6-11(7-14)19-10)20(17,18)15-8-13(2,3)9-16(4)5/h6,15H,7-9,14H2,1-5H3. The fraction of sp³-hybridized carbons (Fsp3) is 0.692. The molecule has 1 rings (SSSR count). The largest absolute Gasteiger partial charge is 0.326 e. The minimum Gasteiger partial charge on any atom is -0.326 e. The van der Waals surface area contributed by atoms with E-state index in [0.29, 0.717) is 18.0 Å². The summed E-state index contributed by atoms with van der Waals surface area (Å²) in [6.07, 6.45) is 0. The van der Waals surface area contributed by atoms with Crippen LogP contribution in [0.3, 0.4) is 0 Å². The van der Waals surface area contributed by atoms with E-state index in [1.807, 2.05) is 34.9 Å². The SMILES string of the molecule is Cc1sc(CN)cc1S(=O)(=O)NCC(C)(C)CN(C)C. The first-order chi connectivity index (χ1) is 9.07. The highest BCUT2D eigenvalue weighted by molar-refractivity contribution is 7.89. The summed E-state index contributed by atoms with van der Waals surface area (Å²) in [5, 5.41) is 0. The van der Waals surface area contributed by atoms with Crippen LogP contribution in [0.2, 0.25) is 0 Å². The van der Waals surface area contributed by atoms with Crippen molar-refractivity contribution >= 4 is 21.4 Å². The summed E-state index contributed by atoms with van der Waals surface area (Å²) >= 11 is 1.43. The number of nitrogens with two attached hydrogens (primary N) is 1. The summed E-state index contributed by atoms with van der Waals surface area (Å²) in [5.41, 5.74) is 5.44. The highest BCUT2D eigenvalue weighted by Crippen LogP contribution is 2.26. The molecule has 0 bridgehead atoms. The van der Waals surface area contributed by atoms with Gasteiger partial charge in [0.1, 0.15) is 0 Å². The van der Waals surface area contributed by atoms with Crippen molar-refractivity contribution in [3.63, 3.8) is 0 Å². The van der Waals surface area contributed by atoms with Crippen molar-refractivity contribution in [3.8, 4) is 0 Å². The van der Waals surface area contributed by atoms with E-state index in [9.17, 15) is 8.42 Å². The lowest BCUT2D eigenvalue weighted by molar-refractivity contribution is 0.242. The smallest absolute Gasteiger partial charge is 0.241 e. The fourth-order valence-electron chi connectivity index (χ4n) is 2.17. The van der Waals surface area contributed by atoms with Crippen LogP contribution in [0.5, 0.6) is 0 Å². The van der Waals surface area contributed by atoms with Gasteiger partial charge >= 0.3 is 0 Å². The molecule has 0 aromatic carbocycles. The van der Waals surface area contributed by atoms with E-state index in [2.05, 4.69) is 9.62 Å². The maximum Gasteiger partial charge on any atom is 0.241 e. The van der Waals surface area contributed by atoms with E-state index >= 15 is 0 Å². The van der Waals surface area contributed by atoms with Gasteiger partial charge in [-0.25, -0.2) is 13.1 Å². The molecule has 0 fully saturated rings. The Morgan fingerprint density at radius 1 is 1.40 bits per heavy atom. The van der Waals surface area contributed by atoms with Crippen LogP contribution in [-0.2, 0) is 16.6 Å². The lowest BCUT2D eigenvalue weighted by Gasteiger charge is -2.28. The van der Waals surface area contributed by atoms with Gasteiger partial charge in [-0.2, -0.15) is 0 Å². The van der Waals surface area contributed by atoms with E-state index in [1.165, 1.54) is 11.3 Å². The first kappa shape index (κ1) is 17.6. The van der Waals surface area contributed by atoms with E-state index in [0.717, 1.165) is 16.3 Å². The summed E-state index contributed by atoms with van der Waals surface area (Å²) in [6, 6.07) is 1.67. The number of nitrogens with one attached hydrogen (secondary N) is 1. The predicted octanol–water partition coefficient (Wildman–Crippen LogP) is 1.38. The summed E-state index contributed by atoms with van der Waals surface area (Å²) in [5.74, 6) is 0. The van der Waals surface area contributed by atoms with Crippen molar-refractivity contribution in [2.75, 3.05) is 27.2 Å². The van der Waals surface area contributed by atoms with Gasteiger partial charge in [-0.05, 0) is 32.5 Å². The maximum atomic E-state index is 12.4. The van der Waals surface area contributed by atoms with Gasteiger partial charge in [0, 0.05) is 29.4 Å². The summed E-state index contributed by atoms with van der Waals surface area (Å²) < 4.78 is 27.4. The number of thiophene rings is 1. The zero-order valence-electron chi connectivity index (χ0n) is 12.9. The molecule has 3 N–H and O–H groups in total. The van der Waals surface area contributed by atoms with Gasteiger partial charge in [0.05, 0.1) is 4.90 Å². The highest BCUT2D eigenvalue weighted by Gasteiger charge is 2.25. The van der Waals surface area contributed by atoms with Crippen LogP contribution < -0.4 is 10.5 Å². The third-order valence-corrected chi connectivity index (χ3v) is 5.63. The predicted molar refractivity (Wildman–Crippen MR) is 84.5 cm³/mol. The van der Waals surface area contributed by atoms with Crippen molar-refractivity contribution in [2.24, 2.45) is 11.1 Å². The molecule has 7 heteroatoms. The highest BCUT2D eigenvalue weighted by atomic mass is 32.2. The van der Waals surface area contributed by atoms with Gasteiger partial charge in [-0.15, -0.1) is 11.3 Å². The molecule has 0 unspecified atom stereocenters. The molecule has 5 nitrogen and oxygen atoms in total. The molecule has 1 heterocycles. The topological polar surface area (TPSA) is 75.4 Å². The van der Waals surface area contributed by atoms with Crippen molar-refractivity contribution in [2.45, 2.75) is 32.2 Å². The number of rotatable bonds is 7. The summed E-state index contributed by atoms with van der Waals surface area (Å²) in [7, 11) is 0.495. The minimum absolute atomic E-state index is 0.128. The Hall–Kier alpha value is -0.470.